The number of hydrogen-bond acceptors (Lipinski definition) is 4. The van der Waals surface area contributed by atoms with Crippen molar-refractivity contribution in [2.24, 2.45) is 0 Å². The van der Waals surface area contributed by atoms with Crippen LogP contribution in [0.3, 0.4) is 0 Å². The lowest BCUT2D eigenvalue weighted by Gasteiger charge is -2.12. The number of carbonyl (C=O) groups is 1. The molecule has 1 amide bonds. The van der Waals surface area contributed by atoms with Crippen molar-refractivity contribution in [1.29, 1.82) is 0 Å². The Bertz CT molecular complexity index is 1120. The van der Waals surface area contributed by atoms with Crippen molar-refractivity contribution in [3.63, 3.8) is 0 Å². The first-order valence-electron chi connectivity index (χ1n) is 8.89. The van der Waals surface area contributed by atoms with Crippen molar-refractivity contribution >= 4 is 33.2 Å². The first-order valence-corrected chi connectivity index (χ1v) is 10.8. The second-order valence-corrected chi connectivity index (χ2v) is 8.23. The monoisotopic (exact) mass is 448 g/mol. The highest BCUT2D eigenvalue weighted by atomic mass is 35.5. The van der Waals surface area contributed by atoms with Crippen molar-refractivity contribution in [2.45, 2.75) is 4.90 Å². The lowest BCUT2D eigenvalue weighted by molar-refractivity contribution is 0.0947. The van der Waals surface area contributed by atoms with Gasteiger partial charge in [-0.15, -0.1) is 0 Å². The minimum absolute atomic E-state index is 0.00498. The third-order valence-electron chi connectivity index (χ3n) is 3.98. The van der Waals surface area contributed by atoms with E-state index in [0.29, 0.717) is 11.4 Å². The second-order valence-electron chi connectivity index (χ2n) is 6.18. The number of rotatable bonds is 8. The molecule has 0 saturated heterocycles. The molecule has 0 saturated carbocycles. The molecule has 0 aliphatic rings. The Morgan fingerprint density at radius 1 is 1.00 bits per heavy atom. The Labute approximate surface area is 178 Å². The number of anilines is 1. The molecule has 0 unspecified atom stereocenters. The summed E-state index contributed by atoms with van der Waals surface area (Å²) in [4.78, 5) is 12.2. The van der Waals surface area contributed by atoms with Gasteiger partial charge >= 0.3 is 0 Å². The summed E-state index contributed by atoms with van der Waals surface area (Å²) in [6, 6.07) is 17.8. The van der Waals surface area contributed by atoms with Gasteiger partial charge in [0.1, 0.15) is 23.1 Å². The summed E-state index contributed by atoms with van der Waals surface area (Å²) in [6.07, 6.45) is 0. The van der Waals surface area contributed by atoms with Crippen LogP contribution in [0.2, 0.25) is 5.02 Å². The molecule has 0 heterocycles. The number of para-hydroxylation sites is 1. The molecule has 3 rings (SSSR count). The highest BCUT2D eigenvalue weighted by Gasteiger charge is 2.20. The lowest BCUT2D eigenvalue weighted by atomic mass is 10.2. The summed E-state index contributed by atoms with van der Waals surface area (Å²) >= 11 is 6.06. The van der Waals surface area contributed by atoms with Gasteiger partial charge in [-0.25, -0.2) is 12.8 Å². The highest BCUT2D eigenvalue weighted by molar-refractivity contribution is 7.92. The standard InChI is InChI=1S/C21H18ClFN2O4S/c22-19-11-6-15(14-20(19)30(27,28)25-17-4-2-1-3-5-17)21(26)24-12-13-29-18-9-7-16(23)8-10-18/h1-11,14,25H,12-13H2,(H,24,26). The average Bonchev–Trinajstić information content (AvgIpc) is 2.73. The molecule has 0 bridgehead atoms. The van der Waals surface area contributed by atoms with Gasteiger partial charge in [0, 0.05) is 11.3 Å². The molecule has 156 valence electrons. The smallest absolute Gasteiger partial charge is 0.263 e. The molecule has 6 nitrogen and oxygen atoms in total. The Balaban J connectivity index is 1.63. The quantitative estimate of drug-likeness (QED) is 0.508. The zero-order chi connectivity index (χ0) is 21.6. The Kier molecular flexibility index (Phi) is 6.91. The predicted octanol–water partition coefficient (Wildman–Crippen LogP) is 4.09. The molecule has 0 aliphatic heterocycles. The molecule has 3 aromatic rings. The van der Waals surface area contributed by atoms with Crippen LogP contribution in [0, 0.1) is 5.82 Å². The van der Waals surface area contributed by atoms with Gasteiger partial charge in [-0.2, -0.15) is 0 Å². The molecule has 0 aromatic heterocycles. The summed E-state index contributed by atoms with van der Waals surface area (Å²) in [5.41, 5.74) is 0.510. The fourth-order valence-corrected chi connectivity index (χ4v) is 4.12. The fraction of sp³-hybridized carbons (Fsp3) is 0.0952. The van der Waals surface area contributed by atoms with Crippen LogP contribution in [0.25, 0.3) is 0 Å². The van der Waals surface area contributed by atoms with E-state index < -0.39 is 15.9 Å². The molecule has 30 heavy (non-hydrogen) atoms. The number of nitrogens with one attached hydrogen (secondary N) is 2. The van der Waals surface area contributed by atoms with Gasteiger partial charge in [0.25, 0.3) is 15.9 Å². The van der Waals surface area contributed by atoms with E-state index in [1.165, 1.54) is 42.5 Å². The van der Waals surface area contributed by atoms with E-state index in [9.17, 15) is 17.6 Å². The first-order chi connectivity index (χ1) is 14.3. The Morgan fingerprint density at radius 2 is 1.70 bits per heavy atom. The fourth-order valence-electron chi connectivity index (χ4n) is 2.53. The first kappa shape index (κ1) is 21.6. The number of carbonyl (C=O) groups excluding carboxylic acids is 1. The largest absolute Gasteiger partial charge is 0.492 e. The Hall–Kier alpha value is -3.10. The van der Waals surface area contributed by atoms with Crippen molar-refractivity contribution in [3.05, 3.63) is 89.2 Å². The SMILES string of the molecule is O=C(NCCOc1ccc(F)cc1)c1ccc(Cl)c(S(=O)(=O)Nc2ccccc2)c1. The zero-order valence-corrected chi connectivity index (χ0v) is 17.2. The van der Waals surface area contributed by atoms with Crippen LogP contribution in [-0.4, -0.2) is 27.5 Å². The number of amides is 1. The summed E-state index contributed by atoms with van der Waals surface area (Å²) in [5, 5.41) is 2.63. The van der Waals surface area contributed by atoms with Crippen molar-refractivity contribution in [1.82, 2.24) is 5.32 Å². The van der Waals surface area contributed by atoms with Crippen LogP contribution in [0.4, 0.5) is 10.1 Å². The number of halogens is 2. The maximum absolute atomic E-state index is 12.9. The normalized spacial score (nSPS) is 11.0. The molecule has 9 heteroatoms. The van der Waals surface area contributed by atoms with Crippen LogP contribution in [-0.2, 0) is 10.0 Å². The third kappa shape index (κ3) is 5.71. The van der Waals surface area contributed by atoms with Crippen molar-refractivity contribution < 1.29 is 22.3 Å². The average molecular weight is 449 g/mol. The molecule has 3 aromatic carbocycles. The molecule has 2 N–H and O–H groups in total. The second kappa shape index (κ2) is 9.60. The van der Waals surface area contributed by atoms with E-state index in [0.717, 1.165) is 0 Å². The van der Waals surface area contributed by atoms with Gasteiger partial charge in [0.05, 0.1) is 11.6 Å². The summed E-state index contributed by atoms with van der Waals surface area (Å²) in [7, 11) is -3.98. The minimum atomic E-state index is -3.98. The summed E-state index contributed by atoms with van der Waals surface area (Å²) in [6.45, 7) is 0.328. The van der Waals surface area contributed by atoms with Gasteiger partial charge in [-0.1, -0.05) is 29.8 Å². The van der Waals surface area contributed by atoms with Crippen LogP contribution >= 0.6 is 11.6 Å². The van der Waals surface area contributed by atoms with Crippen LogP contribution in [0.5, 0.6) is 5.75 Å². The third-order valence-corrected chi connectivity index (χ3v) is 5.84. The summed E-state index contributed by atoms with van der Waals surface area (Å²) in [5.74, 6) is -0.381. The molecular formula is C21H18ClFN2O4S. The van der Waals surface area contributed by atoms with Crippen molar-refractivity contribution in [3.8, 4) is 5.75 Å². The van der Waals surface area contributed by atoms with E-state index >= 15 is 0 Å². The Morgan fingerprint density at radius 3 is 2.40 bits per heavy atom. The van der Waals surface area contributed by atoms with Gasteiger partial charge < -0.3 is 10.1 Å². The molecule has 0 radical (unpaired) electrons. The van der Waals surface area contributed by atoms with Crippen LogP contribution < -0.4 is 14.8 Å². The zero-order valence-electron chi connectivity index (χ0n) is 15.6. The summed E-state index contributed by atoms with van der Waals surface area (Å²) < 4.78 is 46.0. The maximum atomic E-state index is 12.9. The van der Waals surface area contributed by atoms with E-state index in [2.05, 4.69) is 10.0 Å². The lowest BCUT2D eigenvalue weighted by Crippen LogP contribution is -2.28. The van der Waals surface area contributed by atoms with E-state index in [1.54, 1.807) is 30.3 Å². The predicted molar refractivity (Wildman–Crippen MR) is 113 cm³/mol. The van der Waals surface area contributed by atoms with Gasteiger partial charge in [-0.3, -0.25) is 9.52 Å². The van der Waals surface area contributed by atoms with E-state index in [4.69, 9.17) is 16.3 Å². The number of ether oxygens (including phenoxy) is 1. The maximum Gasteiger partial charge on any atom is 0.263 e. The van der Waals surface area contributed by atoms with Gasteiger partial charge in [0.2, 0.25) is 0 Å². The topological polar surface area (TPSA) is 84.5 Å². The van der Waals surface area contributed by atoms with Crippen LogP contribution in [0.15, 0.2) is 77.7 Å². The van der Waals surface area contributed by atoms with Crippen molar-refractivity contribution in [2.75, 3.05) is 17.9 Å². The van der Waals surface area contributed by atoms with E-state index in [-0.39, 0.29) is 34.5 Å². The number of sulfonamides is 1. The molecule has 0 aliphatic carbocycles. The van der Waals surface area contributed by atoms with E-state index in [1.807, 2.05) is 0 Å². The van der Waals surface area contributed by atoms with Gasteiger partial charge in [0.15, 0.2) is 0 Å². The van der Waals surface area contributed by atoms with Crippen LogP contribution in [0.1, 0.15) is 10.4 Å². The molecular weight excluding hydrogens is 431 g/mol. The minimum Gasteiger partial charge on any atom is -0.492 e. The highest BCUT2D eigenvalue weighted by Crippen LogP contribution is 2.25. The molecule has 0 atom stereocenters. The number of hydrogen-bond donors (Lipinski definition) is 2. The molecule has 0 fully saturated rings. The van der Waals surface area contributed by atoms with Gasteiger partial charge in [-0.05, 0) is 54.6 Å². The number of benzene rings is 3. The molecule has 0 spiro atoms.